The molecule has 0 unspecified atom stereocenters. The molecule has 0 saturated heterocycles. The van der Waals surface area contributed by atoms with E-state index in [1.54, 1.807) is 0 Å². The van der Waals surface area contributed by atoms with E-state index >= 15 is 0 Å². The number of nitro groups is 1. The third kappa shape index (κ3) is 4.11. The summed E-state index contributed by atoms with van der Waals surface area (Å²) in [5.41, 5.74) is 0.109. The number of nitro benzene ring substituents is 1. The summed E-state index contributed by atoms with van der Waals surface area (Å²) in [4.78, 5) is 33.5. The van der Waals surface area contributed by atoms with Gasteiger partial charge in [0.25, 0.3) is 5.69 Å². The average Bonchev–Trinajstić information content (AvgIpc) is 2.59. The molecule has 0 aliphatic heterocycles. The first kappa shape index (κ1) is 17.9. The zero-order chi connectivity index (χ0) is 18.6. The number of hydrogen-bond donors (Lipinski definition) is 1. The minimum Gasteiger partial charge on any atom is -0.507 e. The Labute approximate surface area is 142 Å². The number of hydrogen-bond acceptors (Lipinski definition) is 7. The Morgan fingerprint density at radius 2 is 1.92 bits per heavy atom. The van der Waals surface area contributed by atoms with Gasteiger partial charge in [0.1, 0.15) is 18.1 Å². The van der Waals surface area contributed by atoms with Gasteiger partial charge in [-0.15, -0.1) is 0 Å². The summed E-state index contributed by atoms with van der Waals surface area (Å²) in [6.45, 7) is 1.15. The van der Waals surface area contributed by atoms with Crippen LogP contribution in [0.25, 0.3) is 0 Å². The molecular formula is C17H15NO7. The van der Waals surface area contributed by atoms with Gasteiger partial charge in [-0.1, -0.05) is 0 Å². The van der Waals surface area contributed by atoms with Gasteiger partial charge in [0.05, 0.1) is 28.7 Å². The lowest BCUT2D eigenvalue weighted by Crippen LogP contribution is -2.06. The molecule has 2 rings (SSSR count). The molecule has 8 nitrogen and oxygen atoms in total. The second kappa shape index (κ2) is 7.43. The third-order valence-corrected chi connectivity index (χ3v) is 3.44. The van der Waals surface area contributed by atoms with Gasteiger partial charge in [-0.3, -0.25) is 14.9 Å². The van der Waals surface area contributed by atoms with Crippen molar-refractivity contribution in [1.29, 1.82) is 0 Å². The minimum atomic E-state index is -0.680. The summed E-state index contributed by atoms with van der Waals surface area (Å²) in [6.07, 6.45) is 0. The SMILES string of the molecule is COC(=O)c1ccc(COc2ccc(O)c(C(C)=O)c2)c([N+](=O)[O-])c1. The first-order valence-corrected chi connectivity index (χ1v) is 7.16. The number of ether oxygens (including phenoxy) is 2. The van der Waals surface area contributed by atoms with Gasteiger partial charge in [-0.2, -0.15) is 0 Å². The Morgan fingerprint density at radius 3 is 2.52 bits per heavy atom. The van der Waals surface area contributed by atoms with Gasteiger partial charge in [-0.25, -0.2) is 4.79 Å². The maximum atomic E-state index is 11.5. The second-order valence-corrected chi connectivity index (χ2v) is 5.12. The molecule has 0 fully saturated rings. The van der Waals surface area contributed by atoms with Gasteiger partial charge in [0.2, 0.25) is 0 Å². The van der Waals surface area contributed by atoms with Crippen LogP contribution in [0.4, 0.5) is 5.69 Å². The molecule has 0 bridgehead atoms. The lowest BCUT2D eigenvalue weighted by molar-refractivity contribution is -0.385. The van der Waals surface area contributed by atoms with E-state index in [9.17, 15) is 24.8 Å². The van der Waals surface area contributed by atoms with E-state index < -0.39 is 10.9 Å². The van der Waals surface area contributed by atoms with Crippen molar-refractivity contribution in [3.63, 3.8) is 0 Å². The number of benzene rings is 2. The Morgan fingerprint density at radius 1 is 1.20 bits per heavy atom. The van der Waals surface area contributed by atoms with Crippen molar-refractivity contribution in [1.82, 2.24) is 0 Å². The smallest absolute Gasteiger partial charge is 0.338 e. The van der Waals surface area contributed by atoms with E-state index in [0.717, 1.165) is 6.07 Å². The average molecular weight is 345 g/mol. The van der Waals surface area contributed by atoms with Gasteiger partial charge in [0.15, 0.2) is 5.78 Å². The summed E-state index contributed by atoms with van der Waals surface area (Å²) in [5, 5.41) is 20.8. The zero-order valence-corrected chi connectivity index (χ0v) is 13.5. The predicted molar refractivity (Wildman–Crippen MR) is 86.9 cm³/mol. The summed E-state index contributed by atoms with van der Waals surface area (Å²) in [7, 11) is 1.18. The van der Waals surface area contributed by atoms with Crippen LogP contribution >= 0.6 is 0 Å². The maximum absolute atomic E-state index is 11.5. The number of carbonyl (C=O) groups is 2. The van der Waals surface area contributed by atoms with Crippen molar-refractivity contribution in [2.75, 3.05) is 7.11 Å². The fourth-order valence-electron chi connectivity index (χ4n) is 2.15. The summed E-state index contributed by atoms with van der Waals surface area (Å²) in [6, 6.07) is 8.01. The molecule has 130 valence electrons. The van der Waals surface area contributed by atoms with Crippen molar-refractivity contribution < 1.29 is 29.1 Å². The van der Waals surface area contributed by atoms with Gasteiger partial charge < -0.3 is 14.6 Å². The van der Waals surface area contributed by atoms with Crippen LogP contribution < -0.4 is 4.74 Å². The molecule has 1 N–H and O–H groups in total. The van der Waals surface area contributed by atoms with Crippen molar-refractivity contribution in [3.8, 4) is 11.5 Å². The highest BCUT2D eigenvalue weighted by atomic mass is 16.6. The number of Topliss-reactive ketones (excluding diaryl/α,β-unsaturated/α-hetero) is 1. The number of esters is 1. The molecule has 0 heterocycles. The van der Waals surface area contributed by atoms with Crippen molar-refractivity contribution in [2.24, 2.45) is 0 Å². The van der Waals surface area contributed by atoms with E-state index in [-0.39, 0.29) is 46.3 Å². The Kier molecular flexibility index (Phi) is 5.33. The number of carbonyl (C=O) groups excluding carboxylic acids is 2. The normalized spacial score (nSPS) is 10.2. The highest BCUT2D eigenvalue weighted by molar-refractivity contribution is 5.97. The molecule has 0 spiro atoms. The molecule has 25 heavy (non-hydrogen) atoms. The number of nitrogens with zero attached hydrogens (tertiary/aromatic N) is 1. The van der Waals surface area contributed by atoms with Gasteiger partial charge in [-0.05, 0) is 37.3 Å². The summed E-state index contributed by atoms with van der Waals surface area (Å²) in [5.74, 6) is -0.917. The van der Waals surface area contributed by atoms with Crippen molar-refractivity contribution in [3.05, 3.63) is 63.2 Å². The van der Waals surface area contributed by atoms with E-state index in [1.807, 2.05) is 0 Å². The fraction of sp³-hybridized carbons (Fsp3) is 0.176. The highest BCUT2D eigenvalue weighted by Crippen LogP contribution is 2.26. The summed E-state index contributed by atoms with van der Waals surface area (Å²) >= 11 is 0. The lowest BCUT2D eigenvalue weighted by Gasteiger charge is -2.09. The molecule has 2 aromatic rings. The van der Waals surface area contributed by atoms with Crippen molar-refractivity contribution in [2.45, 2.75) is 13.5 Å². The number of phenolic OH excluding ortho intramolecular Hbond substituents is 1. The quantitative estimate of drug-likeness (QED) is 0.370. The van der Waals surface area contributed by atoms with E-state index in [1.165, 1.54) is 44.4 Å². The Hall–Kier alpha value is -3.42. The number of ketones is 1. The largest absolute Gasteiger partial charge is 0.507 e. The van der Waals surface area contributed by atoms with E-state index in [2.05, 4.69) is 4.74 Å². The standard InChI is InChI=1S/C17H15NO7/c1-10(19)14-8-13(5-6-16(14)20)25-9-12-4-3-11(17(21)24-2)7-15(12)18(22)23/h3-8,20H,9H2,1-2H3. The second-order valence-electron chi connectivity index (χ2n) is 5.12. The van der Waals surface area contributed by atoms with Crippen LogP contribution in [-0.4, -0.2) is 28.9 Å². The Bertz CT molecular complexity index is 845. The van der Waals surface area contributed by atoms with E-state index in [4.69, 9.17) is 4.74 Å². The van der Waals surface area contributed by atoms with Crippen LogP contribution in [0.2, 0.25) is 0 Å². The zero-order valence-electron chi connectivity index (χ0n) is 13.5. The fourth-order valence-corrected chi connectivity index (χ4v) is 2.15. The number of aromatic hydroxyl groups is 1. The van der Waals surface area contributed by atoms with Crippen LogP contribution in [0.15, 0.2) is 36.4 Å². The van der Waals surface area contributed by atoms with Crippen LogP contribution in [0, 0.1) is 10.1 Å². The maximum Gasteiger partial charge on any atom is 0.338 e. The summed E-state index contributed by atoms with van der Waals surface area (Å²) < 4.78 is 10.0. The van der Waals surface area contributed by atoms with Gasteiger partial charge in [0, 0.05) is 6.07 Å². The predicted octanol–water partition coefficient (Wildman–Crippen LogP) is 2.87. The highest BCUT2D eigenvalue weighted by Gasteiger charge is 2.18. The molecular weight excluding hydrogens is 330 g/mol. The molecule has 2 aromatic carbocycles. The van der Waals surface area contributed by atoms with Crippen LogP contribution in [-0.2, 0) is 11.3 Å². The lowest BCUT2D eigenvalue weighted by atomic mass is 10.1. The van der Waals surface area contributed by atoms with Gasteiger partial charge >= 0.3 is 5.97 Å². The molecule has 0 radical (unpaired) electrons. The van der Waals surface area contributed by atoms with Crippen LogP contribution in [0.5, 0.6) is 11.5 Å². The molecule has 8 heteroatoms. The number of phenols is 1. The Balaban J connectivity index is 2.26. The first-order valence-electron chi connectivity index (χ1n) is 7.16. The van der Waals surface area contributed by atoms with Crippen LogP contribution in [0.1, 0.15) is 33.2 Å². The number of methoxy groups -OCH3 is 1. The third-order valence-electron chi connectivity index (χ3n) is 3.44. The molecule has 0 aliphatic rings. The monoisotopic (exact) mass is 345 g/mol. The molecule has 0 amide bonds. The topological polar surface area (TPSA) is 116 Å². The van der Waals surface area contributed by atoms with Crippen molar-refractivity contribution >= 4 is 17.4 Å². The first-order chi connectivity index (χ1) is 11.8. The molecule has 0 saturated carbocycles. The molecule has 0 aromatic heterocycles. The minimum absolute atomic E-state index is 0.0569. The molecule has 0 atom stereocenters. The van der Waals surface area contributed by atoms with Crippen LogP contribution in [0.3, 0.4) is 0 Å². The number of rotatable bonds is 6. The molecule has 0 aliphatic carbocycles. The van der Waals surface area contributed by atoms with E-state index in [0.29, 0.717) is 0 Å².